The van der Waals surface area contributed by atoms with Crippen LogP contribution in [0.1, 0.15) is 55.7 Å². The Bertz CT molecular complexity index is 1720. The minimum absolute atomic E-state index is 0.00393. The van der Waals surface area contributed by atoms with Crippen molar-refractivity contribution >= 4 is 29.1 Å². The molecule has 3 aromatic carbocycles. The molecule has 11 heteroatoms. The summed E-state index contributed by atoms with van der Waals surface area (Å²) in [7, 11) is 0. The molecule has 2 heterocycles. The van der Waals surface area contributed by atoms with Gasteiger partial charge in [-0.3, -0.25) is 4.79 Å². The summed E-state index contributed by atoms with van der Waals surface area (Å²) in [5, 5.41) is 40.0. The Kier molecular flexibility index (Phi) is 11.8. The number of halogens is 4. The molecule has 5 N–H and O–H groups in total. The van der Waals surface area contributed by atoms with Gasteiger partial charge in [-0.25, -0.2) is 8.78 Å². The summed E-state index contributed by atoms with van der Waals surface area (Å²) >= 11 is 12.4. The molecule has 2 aliphatic heterocycles. The van der Waals surface area contributed by atoms with Gasteiger partial charge in [0.1, 0.15) is 17.0 Å². The van der Waals surface area contributed by atoms with E-state index < -0.39 is 59.1 Å². The van der Waals surface area contributed by atoms with E-state index in [9.17, 15) is 20.3 Å². The quantitative estimate of drug-likeness (QED) is 0.148. The van der Waals surface area contributed by atoms with E-state index in [-0.39, 0.29) is 40.2 Å². The van der Waals surface area contributed by atoms with E-state index in [0.29, 0.717) is 13.0 Å². The summed E-state index contributed by atoms with van der Waals surface area (Å²) in [6.07, 6.45) is 3.06. The minimum atomic E-state index is -1.79. The van der Waals surface area contributed by atoms with E-state index in [4.69, 9.17) is 23.2 Å². The van der Waals surface area contributed by atoms with Crippen molar-refractivity contribution in [2.75, 3.05) is 19.7 Å². The van der Waals surface area contributed by atoms with Crippen molar-refractivity contribution in [3.05, 3.63) is 117 Å². The van der Waals surface area contributed by atoms with Crippen LogP contribution in [0.4, 0.5) is 8.78 Å². The van der Waals surface area contributed by atoms with E-state index in [2.05, 4.69) is 54.1 Å². The third-order valence-electron chi connectivity index (χ3n) is 10.0. The van der Waals surface area contributed by atoms with E-state index in [1.165, 1.54) is 35.9 Å². The number of hydrogen-bond acceptors (Lipinski definition) is 6. The highest BCUT2D eigenvalue weighted by Gasteiger charge is 2.61. The Labute approximate surface area is 296 Å². The SMILES string of the molecule is CC(C)(C[C@@H]1N[C@@H](C(=O)NCC[C@H](O)CO)[C@H](c2cccc(Cl)c2F)[C@@]1(C#N)c1ccc(Cl)cc1F)C1=CCNC(Cc2ccccc2)C1. The molecule has 3 aromatic rings. The van der Waals surface area contributed by atoms with Crippen molar-refractivity contribution in [3.8, 4) is 6.07 Å². The number of nitrogens with zero attached hydrogens (tertiary/aromatic N) is 1. The first-order valence-corrected chi connectivity index (χ1v) is 17.3. The van der Waals surface area contributed by atoms with Crippen LogP contribution in [-0.4, -0.2) is 60.0 Å². The maximum absolute atomic E-state index is 16.1. The molecule has 0 bridgehead atoms. The largest absolute Gasteiger partial charge is 0.394 e. The van der Waals surface area contributed by atoms with Gasteiger partial charge < -0.3 is 26.2 Å². The van der Waals surface area contributed by atoms with Crippen LogP contribution in [0, 0.1) is 28.4 Å². The predicted octanol–water partition coefficient (Wildman–Crippen LogP) is 5.96. The molecule has 0 spiro atoms. The molecule has 260 valence electrons. The minimum Gasteiger partial charge on any atom is -0.394 e. The average molecular weight is 712 g/mol. The fraction of sp³-hybridized carbons (Fsp3) is 0.421. The molecule has 2 aliphatic rings. The summed E-state index contributed by atoms with van der Waals surface area (Å²) in [4.78, 5) is 14.0. The number of hydrogen-bond donors (Lipinski definition) is 5. The number of carbonyl (C=O) groups excluding carboxylic acids is 1. The van der Waals surface area contributed by atoms with E-state index in [0.717, 1.165) is 24.5 Å². The third kappa shape index (κ3) is 7.86. The second-order valence-corrected chi connectivity index (χ2v) is 14.5. The zero-order valence-electron chi connectivity index (χ0n) is 27.5. The number of benzene rings is 3. The molecule has 0 saturated carbocycles. The monoisotopic (exact) mass is 710 g/mol. The number of rotatable bonds is 12. The van der Waals surface area contributed by atoms with Crippen LogP contribution >= 0.6 is 23.2 Å². The molecule has 1 fully saturated rings. The highest BCUT2D eigenvalue weighted by Crippen LogP contribution is 2.53. The van der Waals surface area contributed by atoms with Gasteiger partial charge in [0, 0.05) is 41.7 Å². The van der Waals surface area contributed by atoms with Crippen LogP contribution in [0.25, 0.3) is 0 Å². The highest BCUT2D eigenvalue weighted by atomic mass is 35.5. The molecule has 49 heavy (non-hydrogen) atoms. The van der Waals surface area contributed by atoms with Gasteiger partial charge in [-0.05, 0) is 60.4 Å². The lowest BCUT2D eigenvalue weighted by molar-refractivity contribution is -0.123. The molecule has 1 amide bonds. The predicted molar refractivity (Wildman–Crippen MR) is 187 cm³/mol. The zero-order valence-corrected chi connectivity index (χ0v) is 29.0. The Morgan fingerprint density at radius 1 is 1.14 bits per heavy atom. The molecule has 7 nitrogen and oxygen atoms in total. The van der Waals surface area contributed by atoms with E-state index >= 15 is 8.78 Å². The van der Waals surface area contributed by atoms with Gasteiger partial charge in [0.2, 0.25) is 5.91 Å². The molecule has 5 rings (SSSR count). The van der Waals surface area contributed by atoms with Crippen molar-refractivity contribution in [2.45, 2.75) is 75.1 Å². The maximum atomic E-state index is 16.1. The summed E-state index contributed by atoms with van der Waals surface area (Å²) < 4.78 is 32.2. The second-order valence-electron chi connectivity index (χ2n) is 13.7. The molecule has 0 radical (unpaired) electrons. The highest BCUT2D eigenvalue weighted by molar-refractivity contribution is 6.31. The molecular weight excluding hydrogens is 669 g/mol. The van der Waals surface area contributed by atoms with Gasteiger partial charge in [0.15, 0.2) is 0 Å². The summed E-state index contributed by atoms with van der Waals surface area (Å²) in [5.41, 5.74) is 0.0354. The summed E-state index contributed by atoms with van der Waals surface area (Å²) in [5.74, 6) is -3.33. The number of carbonyl (C=O) groups is 1. The van der Waals surface area contributed by atoms with Crippen LogP contribution in [0.5, 0.6) is 0 Å². The number of amides is 1. The van der Waals surface area contributed by atoms with Crippen molar-refractivity contribution in [2.24, 2.45) is 5.41 Å². The molecule has 6 atom stereocenters. The maximum Gasteiger partial charge on any atom is 0.237 e. The van der Waals surface area contributed by atoms with Gasteiger partial charge in [0.25, 0.3) is 0 Å². The number of nitrogens with one attached hydrogen (secondary N) is 3. The topological polar surface area (TPSA) is 117 Å². The van der Waals surface area contributed by atoms with Crippen LogP contribution in [0.15, 0.2) is 78.4 Å². The van der Waals surface area contributed by atoms with Crippen LogP contribution in [0.3, 0.4) is 0 Å². The number of aliphatic hydroxyl groups excluding tert-OH is 2. The van der Waals surface area contributed by atoms with Gasteiger partial charge >= 0.3 is 0 Å². The first-order chi connectivity index (χ1) is 23.4. The second kappa shape index (κ2) is 15.7. The Hall–Kier alpha value is -3.36. The standard InChI is InChI=1S/C38H42Cl2F2N4O3/c1-37(2,24-13-15-44-26(18-24)17-23-7-4-3-5-8-23)20-32-38(22-43,29-12-11-25(39)19-31(29)41)33(28-9-6-10-30(40)34(28)42)35(46-32)36(49)45-16-14-27(48)21-47/h3-13,19,26-27,32-33,35,44,46-48H,14-18,20-21H2,1-2H3,(H,45,49)/t26?,27-,32-,33-,35+,38-/m0/s1. The zero-order chi connectivity index (χ0) is 35.3. The van der Waals surface area contributed by atoms with Gasteiger partial charge in [-0.2, -0.15) is 5.26 Å². The van der Waals surface area contributed by atoms with Gasteiger partial charge in [-0.15, -0.1) is 0 Å². The summed E-state index contributed by atoms with van der Waals surface area (Å²) in [6.45, 7) is 4.34. The van der Waals surface area contributed by atoms with Gasteiger partial charge in [-0.1, -0.05) is 97.2 Å². The van der Waals surface area contributed by atoms with Gasteiger partial charge in [0.05, 0.1) is 29.8 Å². The third-order valence-corrected chi connectivity index (χ3v) is 10.6. The fourth-order valence-electron chi connectivity index (χ4n) is 7.51. The van der Waals surface area contributed by atoms with Crippen molar-refractivity contribution in [1.82, 2.24) is 16.0 Å². The van der Waals surface area contributed by atoms with E-state index in [1.54, 1.807) is 0 Å². The number of aliphatic hydroxyl groups is 2. The first kappa shape index (κ1) is 36.9. The van der Waals surface area contributed by atoms with Crippen molar-refractivity contribution in [1.29, 1.82) is 5.26 Å². The van der Waals surface area contributed by atoms with Crippen LogP contribution in [0.2, 0.25) is 10.0 Å². The lowest BCUT2D eigenvalue weighted by atomic mass is 9.61. The number of nitriles is 1. The summed E-state index contributed by atoms with van der Waals surface area (Å²) in [6, 6.07) is 19.2. The molecule has 0 aromatic heterocycles. The Morgan fingerprint density at radius 3 is 2.59 bits per heavy atom. The first-order valence-electron chi connectivity index (χ1n) is 16.5. The molecule has 1 saturated heterocycles. The Morgan fingerprint density at radius 2 is 1.90 bits per heavy atom. The van der Waals surface area contributed by atoms with E-state index in [1.807, 2.05) is 18.2 Å². The van der Waals surface area contributed by atoms with Crippen molar-refractivity contribution in [3.63, 3.8) is 0 Å². The Balaban J connectivity index is 1.58. The van der Waals surface area contributed by atoms with Crippen LogP contribution < -0.4 is 16.0 Å². The lowest BCUT2D eigenvalue weighted by Crippen LogP contribution is -2.47. The fourth-order valence-corrected chi connectivity index (χ4v) is 7.85. The molecule has 0 aliphatic carbocycles. The normalized spacial score (nSPS) is 24.6. The molecule has 1 unspecified atom stereocenters. The average Bonchev–Trinajstić information content (AvgIpc) is 3.40. The smallest absolute Gasteiger partial charge is 0.237 e. The lowest BCUT2D eigenvalue weighted by Gasteiger charge is -2.41. The van der Waals surface area contributed by atoms with Crippen molar-refractivity contribution < 1.29 is 23.8 Å². The van der Waals surface area contributed by atoms with Crippen LogP contribution in [-0.2, 0) is 16.6 Å². The molecular formula is C38H42Cl2F2N4O3.